The molecule has 0 saturated carbocycles. The highest BCUT2D eigenvalue weighted by molar-refractivity contribution is 5.78. The van der Waals surface area contributed by atoms with E-state index in [-0.39, 0.29) is 18.7 Å². The van der Waals surface area contributed by atoms with Gasteiger partial charge in [0.1, 0.15) is 0 Å². The van der Waals surface area contributed by atoms with Gasteiger partial charge in [0.2, 0.25) is 5.91 Å². The third-order valence-corrected chi connectivity index (χ3v) is 2.76. The Bertz CT molecular complexity index is 300. The molecule has 5 heteroatoms. The van der Waals surface area contributed by atoms with E-state index in [1.54, 1.807) is 12.0 Å². The standard InChI is InChI=1S/C14H27NO4/c1-11(2)10-15(6-7-19-5)12(16)8-14(3,4)9-13(17)18/h11H,6-10H2,1-5H3,(H,17,18). The summed E-state index contributed by atoms with van der Waals surface area (Å²) in [5.41, 5.74) is -0.523. The number of carboxylic acid groups (broad SMARTS) is 1. The van der Waals surface area contributed by atoms with Gasteiger partial charge >= 0.3 is 5.97 Å². The summed E-state index contributed by atoms with van der Waals surface area (Å²) in [6.07, 6.45) is 0.244. The predicted molar refractivity (Wildman–Crippen MR) is 73.9 cm³/mol. The molecule has 0 saturated heterocycles. The monoisotopic (exact) mass is 273 g/mol. The van der Waals surface area contributed by atoms with Crippen molar-refractivity contribution in [1.29, 1.82) is 0 Å². The van der Waals surface area contributed by atoms with E-state index in [9.17, 15) is 9.59 Å². The van der Waals surface area contributed by atoms with Crippen LogP contribution in [-0.4, -0.2) is 48.7 Å². The summed E-state index contributed by atoms with van der Waals surface area (Å²) in [5.74, 6) is -0.495. The number of aliphatic carboxylic acids is 1. The average Bonchev–Trinajstić information content (AvgIpc) is 2.20. The summed E-state index contributed by atoms with van der Waals surface area (Å²) < 4.78 is 5.01. The molecule has 0 aliphatic heterocycles. The number of hydrogen-bond donors (Lipinski definition) is 1. The summed E-state index contributed by atoms with van der Waals surface area (Å²) in [6.45, 7) is 9.44. The summed E-state index contributed by atoms with van der Waals surface area (Å²) in [4.78, 5) is 24.8. The fourth-order valence-corrected chi connectivity index (χ4v) is 1.95. The number of carbonyl (C=O) groups excluding carboxylic acids is 1. The van der Waals surface area contributed by atoms with Crippen LogP contribution >= 0.6 is 0 Å². The first-order valence-electron chi connectivity index (χ1n) is 6.66. The Morgan fingerprint density at radius 3 is 2.26 bits per heavy atom. The summed E-state index contributed by atoms with van der Waals surface area (Å²) in [6, 6.07) is 0. The fraction of sp³-hybridized carbons (Fsp3) is 0.857. The zero-order chi connectivity index (χ0) is 15.1. The zero-order valence-corrected chi connectivity index (χ0v) is 12.7. The van der Waals surface area contributed by atoms with Crippen LogP contribution in [0.4, 0.5) is 0 Å². The number of ether oxygens (including phenoxy) is 1. The maximum Gasteiger partial charge on any atom is 0.303 e. The molecule has 0 aliphatic rings. The van der Waals surface area contributed by atoms with Crippen molar-refractivity contribution in [3.8, 4) is 0 Å². The molecule has 5 nitrogen and oxygen atoms in total. The number of hydrogen-bond acceptors (Lipinski definition) is 3. The minimum absolute atomic E-state index is 0.00145. The third-order valence-electron chi connectivity index (χ3n) is 2.76. The zero-order valence-electron chi connectivity index (χ0n) is 12.7. The van der Waals surface area contributed by atoms with Crippen LogP contribution in [0.25, 0.3) is 0 Å². The Labute approximate surface area is 115 Å². The van der Waals surface area contributed by atoms with E-state index in [1.807, 2.05) is 13.8 Å². The van der Waals surface area contributed by atoms with Gasteiger partial charge in [-0.2, -0.15) is 0 Å². The summed E-state index contributed by atoms with van der Waals surface area (Å²) in [5, 5.41) is 8.84. The number of amides is 1. The van der Waals surface area contributed by atoms with Gasteiger partial charge in [-0.25, -0.2) is 0 Å². The molecular formula is C14H27NO4. The molecule has 0 aromatic rings. The van der Waals surface area contributed by atoms with E-state index >= 15 is 0 Å². The van der Waals surface area contributed by atoms with Gasteiger partial charge in [0.15, 0.2) is 0 Å². The molecular weight excluding hydrogens is 246 g/mol. The molecule has 0 bridgehead atoms. The van der Waals surface area contributed by atoms with Crippen molar-refractivity contribution >= 4 is 11.9 Å². The van der Waals surface area contributed by atoms with Crippen LogP contribution in [0.15, 0.2) is 0 Å². The molecule has 0 rings (SSSR count). The van der Waals surface area contributed by atoms with Crippen molar-refractivity contribution in [2.45, 2.75) is 40.5 Å². The highest BCUT2D eigenvalue weighted by Crippen LogP contribution is 2.26. The van der Waals surface area contributed by atoms with Crippen molar-refractivity contribution in [2.75, 3.05) is 26.8 Å². The Morgan fingerprint density at radius 1 is 1.26 bits per heavy atom. The number of carbonyl (C=O) groups is 2. The molecule has 1 N–H and O–H groups in total. The van der Waals surface area contributed by atoms with Crippen LogP contribution < -0.4 is 0 Å². The maximum atomic E-state index is 12.3. The smallest absolute Gasteiger partial charge is 0.303 e. The molecule has 0 radical (unpaired) electrons. The predicted octanol–water partition coefficient (Wildman–Crippen LogP) is 2.01. The van der Waals surface area contributed by atoms with Crippen molar-refractivity contribution < 1.29 is 19.4 Å². The molecule has 0 unspecified atom stereocenters. The third kappa shape index (κ3) is 8.59. The minimum atomic E-state index is -0.870. The molecule has 19 heavy (non-hydrogen) atoms. The van der Waals surface area contributed by atoms with Gasteiger partial charge in [-0.3, -0.25) is 9.59 Å². The van der Waals surface area contributed by atoms with Gasteiger partial charge in [0.05, 0.1) is 13.0 Å². The lowest BCUT2D eigenvalue weighted by Gasteiger charge is -2.29. The first kappa shape index (κ1) is 17.9. The highest BCUT2D eigenvalue weighted by atomic mass is 16.5. The molecule has 0 aromatic heterocycles. The second kappa shape index (κ2) is 8.15. The first-order valence-corrected chi connectivity index (χ1v) is 6.66. The lowest BCUT2D eigenvalue weighted by atomic mass is 9.85. The number of methoxy groups -OCH3 is 1. The molecule has 112 valence electrons. The molecule has 0 atom stereocenters. The normalized spacial score (nSPS) is 11.7. The van der Waals surface area contributed by atoms with E-state index < -0.39 is 11.4 Å². The molecule has 0 aromatic carbocycles. The molecule has 0 aliphatic carbocycles. The van der Waals surface area contributed by atoms with Gasteiger partial charge in [-0.1, -0.05) is 27.7 Å². The van der Waals surface area contributed by atoms with E-state index in [1.165, 1.54) is 0 Å². The number of nitrogens with zero attached hydrogens (tertiary/aromatic N) is 1. The van der Waals surface area contributed by atoms with Gasteiger partial charge < -0.3 is 14.7 Å². The van der Waals surface area contributed by atoms with Crippen molar-refractivity contribution in [3.05, 3.63) is 0 Å². The van der Waals surface area contributed by atoms with Crippen LogP contribution in [0.5, 0.6) is 0 Å². The second-order valence-electron chi connectivity index (χ2n) is 6.14. The van der Waals surface area contributed by atoms with Crippen LogP contribution in [0.1, 0.15) is 40.5 Å². The van der Waals surface area contributed by atoms with Gasteiger partial charge in [0, 0.05) is 26.6 Å². The minimum Gasteiger partial charge on any atom is -0.481 e. The molecule has 0 fully saturated rings. The first-order chi connectivity index (χ1) is 8.68. The fourth-order valence-electron chi connectivity index (χ4n) is 1.95. The lowest BCUT2D eigenvalue weighted by molar-refractivity contribution is -0.141. The van der Waals surface area contributed by atoms with E-state index in [0.717, 1.165) is 0 Å². The van der Waals surface area contributed by atoms with Crippen LogP contribution in [0.3, 0.4) is 0 Å². The lowest BCUT2D eigenvalue weighted by Crippen LogP contribution is -2.39. The van der Waals surface area contributed by atoms with Gasteiger partial charge in [-0.05, 0) is 11.3 Å². The quantitative estimate of drug-likeness (QED) is 0.698. The average molecular weight is 273 g/mol. The molecule has 0 heterocycles. The SMILES string of the molecule is COCCN(CC(C)C)C(=O)CC(C)(C)CC(=O)O. The van der Waals surface area contributed by atoms with E-state index in [0.29, 0.717) is 25.6 Å². The van der Waals surface area contributed by atoms with Gasteiger partial charge in [0.25, 0.3) is 0 Å². The van der Waals surface area contributed by atoms with Crippen molar-refractivity contribution in [2.24, 2.45) is 11.3 Å². The number of carboxylic acids is 1. The second-order valence-corrected chi connectivity index (χ2v) is 6.14. The summed E-state index contributed by atoms with van der Waals surface area (Å²) in [7, 11) is 1.60. The highest BCUT2D eigenvalue weighted by Gasteiger charge is 2.27. The summed E-state index contributed by atoms with van der Waals surface area (Å²) >= 11 is 0. The maximum absolute atomic E-state index is 12.3. The number of rotatable bonds is 9. The Kier molecular flexibility index (Phi) is 7.68. The van der Waals surface area contributed by atoms with E-state index in [4.69, 9.17) is 9.84 Å². The molecule has 1 amide bonds. The molecule has 0 spiro atoms. The topological polar surface area (TPSA) is 66.8 Å². The van der Waals surface area contributed by atoms with Gasteiger partial charge in [-0.15, -0.1) is 0 Å². The van der Waals surface area contributed by atoms with Crippen LogP contribution in [0.2, 0.25) is 0 Å². The van der Waals surface area contributed by atoms with Crippen molar-refractivity contribution in [1.82, 2.24) is 4.90 Å². The van der Waals surface area contributed by atoms with Crippen LogP contribution in [-0.2, 0) is 14.3 Å². The van der Waals surface area contributed by atoms with Crippen molar-refractivity contribution in [3.63, 3.8) is 0 Å². The van der Waals surface area contributed by atoms with Crippen LogP contribution in [0, 0.1) is 11.3 Å². The Hall–Kier alpha value is -1.10. The Balaban J connectivity index is 4.56. The van der Waals surface area contributed by atoms with E-state index in [2.05, 4.69) is 13.8 Å². The Morgan fingerprint density at radius 2 is 1.84 bits per heavy atom. The largest absolute Gasteiger partial charge is 0.481 e.